The van der Waals surface area contributed by atoms with Gasteiger partial charge in [-0.05, 0) is 11.6 Å². The highest BCUT2D eigenvalue weighted by molar-refractivity contribution is 5.82. The maximum atomic E-state index is 11.9. The zero-order chi connectivity index (χ0) is 13.7. The number of nitrogens with zero attached hydrogens (tertiary/aromatic N) is 2. The molecular formula is C14H18N4O. The summed E-state index contributed by atoms with van der Waals surface area (Å²) in [5.41, 5.74) is 7.80. The third-order valence-electron chi connectivity index (χ3n) is 3.04. The van der Waals surface area contributed by atoms with Gasteiger partial charge in [-0.25, -0.2) is 0 Å². The Morgan fingerprint density at radius 1 is 1.37 bits per heavy atom. The zero-order valence-electron chi connectivity index (χ0n) is 10.9. The van der Waals surface area contributed by atoms with Crippen LogP contribution in [-0.2, 0) is 18.3 Å². The van der Waals surface area contributed by atoms with Gasteiger partial charge in [-0.3, -0.25) is 9.48 Å². The highest BCUT2D eigenvalue weighted by Crippen LogP contribution is 2.09. The molecule has 19 heavy (non-hydrogen) atoms. The number of amides is 1. The van der Waals surface area contributed by atoms with Gasteiger partial charge in [0.1, 0.15) is 6.04 Å². The van der Waals surface area contributed by atoms with Crippen molar-refractivity contribution in [3.05, 3.63) is 53.9 Å². The maximum absolute atomic E-state index is 11.9. The van der Waals surface area contributed by atoms with E-state index in [4.69, 9.17) is 5.73 Å². The van der Waals surface area contributed by atoms with E-state index in [2.05, 4.69) is 10.4 Å². The number of nitrogens with two attached hydrogens (primary N) is 1. The summed E-state index contributed by atoms with van der Waals surface area (Å²) >= 11 is 0. The molecule has 1 heterocycles. The molecule has 5 heteroatoms. The fourth-order valence-corrected chi connectivity index (χ4v) is 1.88. The molecule has 1 unspecified atom stereocenters. The lowest BCUT2D eigenvalue weighted by Crippen LogP contribution is -2.35. The van der Waals surface area contributed by atoms with Gasteiger partial charge in [0.2, 0.25) is 5.91 Å². The van der Waals surface area contributed by atoms with Gasteiger partial charge in [0.25, 0.3) is 0 Å². The SMILES string of the molecule is Cn1nccc1CCNC(=O)C(N)c1ccccc1. The molecule has 0 aliphatic heterocycles. The molecule has 2 aromatic rings. The monoisotopic (exact) mass is 258 g/mol. The van der Waals surface area contributed by atoms with Crippen LogP contribution >= 0.6 is 0 Å². The molecule has 1 aromatic carbocycles. The van der Waals surface area contributed by atoms with Crippen molar-refractivity contribution < 1.29 is 4.79 Å². The van der Waals surface area contributed by atoms with Crippen LogP contribution in [0.3, 0.4) is 0 Å². The Labute approximate surface area is 112 Å². The lowest BCUT2D eigenvalue weighted by Gasteiger charge is -2.12. The molecule has 0 spiro atoms. The second kappa shape index (κ2) is 6.15. The number of carbonyl (C=O) groups excluding carboxylic acids is 1. The average Bonchev–Trinajstić information content (AvgIpc) is 2.84. The van der Waals surface area contributed by atoms with E-state index in [9.17, 15) is 4.79 Å². The molecule has 5 nitrogen and oxygen atoms in total. The molecule has 3 N–H and O–H groups in total. The normalized spacial score (nSPS) is 12.1. The molecule has 1 aromatic heterocycles. The van der Waals surface area contributed by atoms with Crippen LogP contribution in [0, 0.1) is 0 Å². The summed E-state index contributed by atoms with van der Waals surface area (Å²) in [5, 5.41) is 6.92. The molecule has 2 rings (SSSR count). The Balaban J connectivity index is 1.83. The van der Waals surface area contributed by atoms with Crippen LogP contribution in [-0.4, -0.2) is 22.2 Å². The summed E-state index contributed by atoms with van der Waals surface area (Å²) in [7, 11) is 1.88. The lowest BCUT2D eigenvalue weighted by atomic mass is 10.1. The molecule has 1 amide bonds. The molecular weight excluding hydrogens is 240 g/mol. The summed E-state index contributed by atoms with van der Waals surface area (Å²) < 4.78 is 1.79. The molecule has 1 atom stereocenters. The number of hydrogen-bond acceptors (Lipinski definition) is 3. The molecule has 0 bridgehead atoms. The predicted molar refractivity (Wildman–Crippen MR) is 73.3 cm³/mol. The van der Waals surface area contributed by atoms with E-state index in [0.29, 0.717) is 6.54 Å². The van der Waals surface area contributed by atoms with E-state index in [-0.39, 0.29) is 5.91 Å². The second-order valence-corrected chi connectivity index (χ2v) is 4.38. The molecule has 100 valence electrons. The van der Waals surface area contributed by atoms with Crippen LogP contribution in [0.2, 0.25) is 0 Å². The van der Waals surface area contributed by atoms with Crippen molar-refractivity contribution >= 4 is 5.91 Å². The van der Waals surface area contributed by atoms with Gasteiger partial charge in [0, 0.05) is 31.9 Å². The Morgan fingerprint density at radius 3 is 2.74 bits per heavy atom. The summed E-state index contributed by atoms with van der Waals surface area (Å²) in [4.78, 5) is 11.9. The van der Waals surface area contributed by atoms with Crippen LogP contribution in [0.4, 0.5) is 0 Å². The number of aryl methyl sites for hydroxylation is 1. The number of benzene rings is 1. The summed E-state index contributed by atoms with van der Waals surface area (Å²) in [6.07, 6.45) is 2.48. The van der Waals surface area contributed by atoms with Gasteiger partial charge < -0.3 is 11.1 Å². The maximum Gasteiger partial charge on any atom is 0.241 e. The number of aromatic nitrogens is 2. The fourth-order valence-electron chi connectivity index (χ4n) is 1.88. The Morgan fingerprint density at radius 2 is 2.11 bits per heavy atom. The highest BCUT2D eigenvalue weighted by atomic mass is 16.2. The third-order valence-corrected chi connectivity index (χ3v) is 3.04. The van der Waals surface area contributed by atoms with Crippen molar-refractivity contribution in [1.82, 2.24) is 15.1 Å². The molecule has 0 radical (unpaired) electrons. The topological polar surface area (TPSA) is 72.9 Å². The summed E-state index contributed by atoms with van der Waals surface area (Å²) in [6, 6.07) is 10.7. The second-order valence-electron chi connectivity index (χ2n) is 4.38. The van der Waals surface area contributed by atoms with E-state index in [1.165, 1.54) is 0 Å². The van der Waals surface area contributed by atoms with Crippen molar-refractivity contribution in [2.75, 3.05) is 6.54 Å². The van der Waals surface area contributed by atoms with Crippen LogP contribution < -0.4 is 11.1 Å². The van der Waals surface area contributed by atoms with Gasteiger partial charge in [-0.2, -0.15) is 5.10 Å². The molecule has 0 saturated carbocycles. The van der Waals surface area contributed by atoms with E-state index in [0.717, 1.165) is 17.7 Å². The molecule has 0 saturated heterocycles. The average molecular weight is 258 g/mol. The van der Waals surface area contributed by atoms with Gasteiger partial charge in [-0.15, -0.1) is 0 Å². The zero-order valence-corrected chi connectivity index (χ0v) is 10.9. The van der Waals surface area contributed by atoms with E-state index >= 15 is 0 Å². The van der Waals surface area contributed by atoms with Gasteiger partial charge in [0.05, 0.1) is 0 Å². The number of rotatable bonds is 5. The van der Waals surface area contributed by atoms with Crippen molar-refractivity contribution in [2.24, 2.45) is 12.8 Å². The standard InChI is InChI=1S/C14H18N4O/c1-18-12(8-10-17-18)7-9-16-14(19)13(15)11-5-3-2-4-6-11/h2-6,8,10,13H,7,9,15H2,1H3,(H,16,19). The third kappa shape index (κ3) is 3.42. The van der Waals surface area contributed by atoms with Crippen molar-refractivity contribution in [1.29, 1.82) is 0 Å². The van der Waals surface area contributed by atoms with E-state index in [1.807, 2.05) is 43.4 Å². The van der Waals surface area contributed by atoms with Crippen molar-refractivity contribution in [3.8, 4) is 0 Å². The first-order valence-corrected chi connectivity index (χ1v) is 6.23. The van der Waals surface area contributed by atoms with Crippen LogP contribution in [0.1, 0.15) is 17.3 Å². The fraction of sp³-hybridized carbons (Fsp3) is 0.286. The van der Waals surface area contributed by atoms with Gasteiger partial charge in [-0.1, -0.05) is 30.3 Å². The Kier molecular flexibility index (Phi) is 4.30. The summed E-state index contributed by atoms with van der Waals surface area (Å²) in [6.45, 7) is 0.554. The van der Waals surface area contributed by atoms with Crippen LogP contribution in [0.15, 0.2) is 42.6 Å². The molecule has 0 aliphatic rings. The minimum atomic E-state index is -0.618. The van der Waals surface area contributed by atoms with Crippen molar-refractivity contribution in [3.63, 3.8) is 0 Å². The quantitative estimate of drug-likeness (QED) is 0.832. The van der Waals surface area contributed by atoms with Crippen molar-refractivity contribution in [2.45, 2.75) is 12.5 Å². The first kappa shape index (κ1) is 13.3. The smallest absolute Gasteiger partial charge is 0.241 e. The van der Waals surface area contributed by atoms with E-state index in [1.54, 1.807) is 10.9 Å². The van der Waals surface area contributed by atoms with Crippen LogP contribution in [0.5, 0.6) is 0 Å². The number of nitrogens with one attached hydrogen (secondary N) is 1. The Bertz CT molecular complexity index is 535. The summed E-state index contributed by atoms with van der Waals surface area (Å²) in [5.74, 6) is -0.159. The molecule has 0 aliphatic carbocycles. The highest BCUT2D eigenvalue weighted by Gasteiger charge is 2.14. The number of carbonyl (C=O) groups is 1. The van der Waals surface area contributed by atoms with E-state index < -0.39 is 6.04 Å². The predicted octanol–water partition coefficient (Wildman–Crippen LogP) is 0.779. The number of hydrogen-bond donors (Lipinski definition) is 2. The van der Waals surface area contributed by atoms with Crippen LogP contribution in [0.25, 0.3) is 0 Å². The largest absolute Gasteiger partial charge is 0.354 e. The minimum Gasteiger partial charge on any atom is -0.354 e. The van der Waals surface area contributed by atoms with Gasteiger partial charge >= 0.3 is 0 Å². The first-order valence-electron chi connectivity index (χ1n) is 6.23. The molecule has 0 fully saturated rings. The Hall–Kier alpha value is -2.14. The first-order chi connectivity index (χ1) is 9.18. The lowest BCUT2D eigenvalue weighted by molar-refractivity contribution is -0.122. The minimum absolute atomic E-state index is 0.159. The van der Waals surface area contributed by atoms with Gasteiger partial charge in [0.15, 0.2) is 0 Å².